The number of hydrogen-bond acceptors (Lipinski definition) is 3. The molecule has 1 rings (SSSR count). The van der Waals surface area contributed by atoms with E-state index in [4.69, 9.17) is 4.74 Å². The van der Waals surface area contributed by atoms with Gasteiger partial charge in [0, 0.05) is 6.42 Å². The third-order valence-corrected chi connectivity index (χ3v) is 5.45. The van der Waals surface area contributed by atoms with Gasteiger partial charge >= 0.3 is 54.0 Å². The van der Waals surface area contributed by atoms with E-state index in [0.717, 1.165) is 12.1 Å². The summed E-state index contributed by atoms with van der Waals surface area (Å²) in [5.74, 6) is -50.9. The van der Waals surface area contributed by atoms with Gasteiger partial charge in [0.25, 0.3) is 0 Å². The van der Waals surface area contributed by atoms with Gasteiger partial charge < -0.3 is 9.47 Å². The van der Waals surface area contributed by atoms with Crippen LogP contribution in [0.4, 0.5) is 70.2 Å². The van der Waals surface area contributed by atoms with Gasteiger partial charge in [0.2, 0.25) is 0 Å². The molecule has 0 amide bonds. The first-order valence-electron chi connectivity index (χ1n) is 10.6. The minimum Gasteiger partial charge on any atom is -0.465 e. The summed E-state index contributed by atoms with van der Waals surface area (Å²) >= 11 is 0. The molecule has 3 nitrogen and oxygen atoms in total. The first-order chi connectivity index (χ1) is 17.7. The number of carbonyl (C=O) groups is 1. The second kappa shape index (κ2) is 11.3. The molecule has 2 atom stereocenters. The summed E-state index contributed by atoms with van der Waals surface area (Å²) in [5, 5.41) is 0. The zero-order valence-corrected chi connectivity index (χ0v) is 19.9. The smallest absolute Gasteiger partial charge is 0.460 e. The topological polar surface area (TPSA) is 35.5 Å². The van der Waals surface area contributed by atoms with Crippen molar-refractivity contribution in [2.45, 2.75) is 74.8 Å². The average molecular weight is 622 g/mol. The van der Waals surface area contributed by atoms with Crippen molar-refractivity contribution in [3.63, 3.8) is 0 Å². The summed E-state index contributed by atoms with van der Waals surface area (Å²) < 4.78 is 220. The Morgan fingerprint density at radius 3 is 1.57 bits per heavy atom. The highest BCUT2D eigenvalue weighted by Crippen LogP contribution is 2.62. The standard InChI is InChI=1S/C21H18F16O3/c1-3-10(2)13(38)39-9-8-11-4-6-12(7-5-11)40-14(22)15(23,24)16(25,26)17(27,28)18(29,30)19(31,32)20(33,34)21(35,36)37/h4-7,10,14H,3,8-9H2,1-2H3. The highest BCUT2D eigenvalue weighted by atomic mass is 19.4. The van der Waals surface area contributed by atoms with Crippen LogP contribution in [-0.4, -0.2) is 60.6 Å². The van der Waals surface area contributed by atoms with E-state index in [-0.39, 0.29) is 18.6 Å². The van der Waals surface area contributed by atoms with E-state index in [2.05, 4.69) is 4.74 Å². The molecule has 0 radical (unpaired) electrons. The molecule has 0 aliphatic rings. The third-order valence-electron chi connectivity index (χ3n) is 5.45. The Labute approximate surface area is 214 Å². The lowest BCUT2D eigenvalue weighted by atomic mass is 9.91. The number of halogens is 16. The van der Waals surface area contributed by atoms with E-state index in [0.29, 0.717) is 18.6 Å². The molecule has 0 heterocycles. The first kappa shape index (κ1) is 35.4. The zero-order chi connectivity index (χ0) is 31.8. The van der Waals surface area contributed by atoms with Crippen molar-refractivity contribution >= 4 is 5.97 Å². The predicted molar refractivity (Wildman–Crippen MR) is 102 cm³/mol. The van der Waals surface area contributed by atoms with Gasteiger partial charge in [0.05, 0.1) is 12.5 Å². The van der Waals surface area contributed by atoms with Crippen LogP contribution in [0.25, 0.3) is 0 Å². The van der Waals surface area contributed by atoms with E-state index in [1.807, 2.05) is 0 Å². The molecule has 2 unspecified atom stereocenters. The molecule has 0 saturated heterocycles. The fraction of sp³-hybridized carbons (Fsp3) is 0.667. The molecule has 40 heavy (non-hydrogen) atoms. The van der Waals surface area contributed by atoms with Gasteiger partial charge in [-0.05, 0) is 24.1 Å². The predicted octanol–water partition coefficient (Wildman–Crippen LogP) is 7.87. The summed E-state index contributed by atoms with van der Waals surface area (Å²) in [6.07, 6.45) is -12.4. The zero-order valence-electron chi connectivity index (χ0n) is 19.9. The lowest BCUT2D eigenvalue weighted by molar-refractivity contribution is -0.457. The van der Waals surface area contributed by atoms with Gasteiger partial charge in [-0.1, -0.05) is 26.0 Å². The molecular weight excluding hydrogens is 604 g/mol. The van der Waals surface area contributed by atoms with Crippen molar-refractivity contribution < 1.29 is 84.5 Å². The fourth-order valence-corrected chi connectivity index (χ4v) is 2.63. The van der Waals surface area contributed by atoms with Crippen molar-refractivity contribution in [2.24, 2.45) is 5.92 Å². The van der Waals surface area contributed by atoms with Crippen molar-refractivity contribution in [1.82, 2.24) is 0 Å². The number of rotatable bonds is 13. The number of alkyl halides is 16. The molecule has 0 aromatic heterocycles. The van der Waals surface area contributed by atoms with Crippen LogP contribution in [0.15, 0.2) is 24.3 Å². The van der Waals surface area contributed by atoms with Crippen LogP contribution >= 0.6 is 0 Å². The number of esters is 1. The van der Waals surface area contributed by atoms with Crippen LogP contribution in [0.5, 0.6) is 5.75 Å². The molecule has 232 valence electrons. The van der Waals surface area contributed by atoms with E-state index in [1.54, 1.807) is 13.8 Å². The summed E-state index contributed by atoms with van der Waals surface area (Å²) in [6, 6.07) is 2.96. The first-order valence-corrected chi connectivity index (χ1v) is 10.6. The second-order valence-corrected chi connectivity index (χ2v) is 8.30. The van der Waals surface area contributed by atoms with E-state index < -0.39 is 65.7 Å². The quantitative estimate of drug-likeness (QED) is 0.166. The Bertz CT molecular complexity index is 1000. The largest absolute Gasteiger partial charge is 0.465 e. The Morgan fingerprint density at radius 2 is 1.15 bits per heavy atom. The van der Waals surface area contributed by atoms with Gasteiger partial charge in [-0.25, -0.2) is 0 Å². The highest BCUT2D eigenvalue weighted by molar-refractivity contribution is 5.71. The van der Waals surface area contributed by atoms with E-state index in [9.17, 15) is 75.0 Å². The van der Waals surface area contributed by atoms with Crippen molar-refractivity contribution in [3.8, 4) is 5.75 Å². The Balaban J connectivity index is 3.15. The minimum atomic E-state index is -8.52. The lowest BCUT2D eigenvalue weighted by Gasteiger charge is -2.41. The number of hydrogen-bond donors (Lipinski definition) is 0. The number of ether oxygens (including phenoxy) is 2. The van der Waals surface area contributed by atoms with Crippen LogP contribution in [-0.2, 0) is 16.0 Å². The van der Waals surface area contributed by atoms with E-state index >= 15 is 0 Å². The van der Waals surface area contributed by atoms with Gasteiger partial charge in [-0.15, -0.1) is 0 Å². The Kier molecular flexibility index (Phi) is 10.0. The molecule has 0 aliphatic heterocycles. The van der Waals surface area contributed by atoms with Crippen LogP contribution < -0.4 is 4.74 Å². The maximum absolute atomic E-state index is 13.9. The van der Waals surface area contributed by atoms with Gasteiger partial charge in [0.1, 0.15) is 5.75 Å². The summed E-state index contributed by atoms with van der Waals surface area (Å²) in [7, 11) is 0. The van der Waals surface area contributed by atoms with Crippen molar-refractivity contribution in [1.29, 1.82) is 0 Å². The van der Waals surface area contributed by atoms with Gasteiger partial charge in [0.15, 0.2) is 0 Å². The second-order valence-electron chi connectivity index (χ2n) is 8.30. The van der Waals surface area contributed by atoms with E-state index in [1.165, 1.54) is 0 Å². The molecule has 19 heteroatoms. The molecule has 0 bridgehead atoms. The molecular formula is C21H18F16O3. The maximum atomic E-state index is 13.9. The summed E-state index contributed by atoms with van der Waals surface area (Å²) in [6.45, 7) is 3.03. The highest BCUT2D eigenvalue weighted by Gasteiger charge is 2.94. The SMILES string of the molecule is CCC(C)C(=O)OCCc1ccc(OC(F)C(F)(F)C(F)(F)C(F)(F)C(F)(F)C(F)(F)C(F)(F)C(F)(F)F)cc1. The summed E-state index contributed by atoms with van der Waals surface area (Å²) in [5.41, 5.74) is 0.218. The molecule has 0 N–H and O–H groups in total. The Hall–Kier alpha value is -2.63. The van der Waals surface area contributed by atoms with Crippen LogP contribution in [0.2, 0.25) is 0 Å². The average Bonchev–Trinajstić information content (AvgIpc) is 2.82. The molecule has 0 spiro atoms. The van der Waals surface area contributed by atoms with Crippen molar-refractivity contribution in [2.75, 3.05) is 6.61 Å². The molecule has 1 aromatic carbocycles. The van der Waals surface area contributed by atoms with Crippen LogP contribution in [0.3, 0.4) is 0 Å². The fourth-order valence-electron chi connectivity index (χ4n) is 2.63. The normalized spacial score (nSPS) is 15.9. The van der Waals surface area contributed by atoms with Crippen molar-refractivity contribution in [3.05, 3.63) is 29.8 Å². The molecule has 0 saturated carbocycles. The van der Waals surface area contributed by atoms with Crippen LogP contribution in [0, 0.1) is 5.92 Å². The maximum Gasteiger partial charge on any atom is 0.460 e. The molecule has 1 aromatic rings. The van der Waals surface area contributed by atoms with Crippen LogP contribution in [0.1, 0.15) is 25.8 Å². The third kappa shape index (κ3) is 6.01. The number of carbonyl (C=O) groups excluding carboxylic acids is 1. The molecule has 0 fully saturated rings. The minimum absolute atomic E-state index is 0.0478. The van der Waals surface area contributed by atoms with Gasteiger partial charge in [-0.3, -0.25) is 4.79 Å². The summed E-state index contributed by atoms with van der Waals surface area (Å²) in [4.78, 5) is 11.5. The molecule has 0 aliphatic carbocycles. The lowest BCUT2D eigenvalue weighted by Crippen LogP contribution is -2.73. The van der Waals surface area contributed by atoms with Gasteiger partial charge in [-0.2, -0.15) is 70.2 Å². The number of benzene rings is 1. The Morgan fingerprint density at radius 1 is 0.725 bits per heavy atom. The monoisotopic (exact) mass is 622 g/mol.